The Morgan fingerprint density at radius 2 is 2.04 bits per heavy atom. The second-order valence-electron chi connectivity index (χ2n) is 5.54. The highest BCUT2D eigenvalue weighted by Crippen LogP contribution is 2.25. The van der Waals surface area contributed by atoms with E-state index in [2.05, 4.69) is 9.88 Å². The van der Waals surface area contributed by atoms with Gasteiger partial charge in [-0.05, 0) is 39.1 Å². The lowest BCUT2D eigenvalue weighted by atomic mass is 10.1. The van der Waals surface area contributed by atoms with Crippen molar-refractivity contribution in [3.63, 3.8) is 0 Å². The van der Waals surface area contributed by atoms with E-state index in [4.69, 9.17) is 9.26 Å². The van der Waals surface area contributed by atoms with Gasteiger partial charge in [-0.1, -0.05) is 5.16 Å². The molecule has 25 heavy (non-hydrogen) atoms. The van der Waals surface area contributed by atoms with Crippen LogP contribution in [0.4, 0.5) is 0 Å². The summed E-state index contributed by atoms with van der Waals surface area (Å²) in [5.74, 6) is 0.486. The van der Waals surface area contributed by atoms with E-state index < -0.39 is 10.0 Å². The smallest absolute Gasteiger partial charge is 0.253 e. The Labute approximate surface area is 146 Å². The van der Waals surface area contributed by atoms with Crippen LogP contribution in [-0.4, -0.2) is 45.6 Å². The zero-order chi connectivity index (χ0) is 18.8. The van der Waals surface area contributed by atoms with Gasteiger partial charge in [0.2, 0.25) is 10.0 Å². The fourth-order valence-corrected chi connectivity index (χ4v) is 3.30. The van der Waals surface area contributed by atoms with E-state index in [-0.39, 0.29) is 22.1 Å². The number of benzene rings is 1. The zero-order valence-corrected chi connectivity index (χ0v) is 15.6. The van der Waals surface area contributed by atoms with Crippen molar-refractivity contribution in [1.82, 2.24) is 14.8 Å². The van der Waals surface area contributed by atoms with Crippen molar-refractivity contribution < 1.29 is 22.5 Å². The number of hydrogen-bond donors (Lipinski definition) is 1. The van der Waals surface area contributed by atoms with Gasteiger partial charge in [-0.25, -0.2) is 13.1 Å². The van der Waals surface area contributed by atoms with E-state index >= 15 is 0 Å². The molecule has 0 atom stereocenters. The number of aryl methyl sites for hydroxylation is 2. The number of sulfonamides is 1. The third-order valence-corrected chi connectivity index (χ3v) is 5.33. The molecule has 0 aliphatic rings. The van der Waals surface area contributed by atoms with Crippen LogP contribution in [0.2, 0.25) is 0 Å². The fourth-order valence-electron chi connectivity index (χ4n) is 2.39. The van der Waals surface area contributed by atoms with Crippen molar-refractivity contribution in [3.8, 4) is 5.75 Å². The van der Waals surface area contributed by atoms with Crippen LogP contribution in [-0.2, 0) is 16.6 Å². The van der Waals surface area contributed by atoms with Gasteiger partial charge < -0.3 is 14.2 Å². The fraction of sp³-hybridized carbons (Fsp3) is 0.375. The number of amides is 1. The van der Waals surface area contributed by atoms with Crippen LogP contribution < -0.4 is 9.46 Å². The molecule has 1 aromatic carbocycles. The molecule has 0 radical (unpaired) electrons. The third kappa shape index (κ3) is 3.83. The number of nitrogens with one attached hydrogen (secondary N) is 1. The van der Waals surface area contributed by atoms with Crippen molar-refractivity contribution in [2.75, 3.05) is 21.2 Å². The Morgan fingerprint density at radius 3 is 2.56 bits per heavy atom. The van der Waals surface area contributed by atoms with E-state index in [0.717, 1.165) is 5.56 Å². The Bertz CT molecular complexity index is 870. The van der Waals surface area contributed by atoms with E-state index in [9.17, 15) is 13.2 Å². The molecule has 1 aromatic heterocycles. The second-order valence-corrected chi connectivity index (χ2v) is 7.39. The van der Waals surface area contributed by atoms with Gasteiger partial charge in [0, 0.05) is 18.2 Å². The number of carbonyl (C=O) groups excluding carboxylic acids is 1. The van der Waals surface area contributed by atoms with Crippen LogP contribution in [0.5, 0.6) is 5.75 Å². The van der Waals surface area contributed by atoms with Gasteiger partial charge >= 0.3 is 0 Å². The van der Waals surface area contributed by atoms with Gasteiger partial charge in [-0.3, -0.25) is 4.79 Å². The van der Waals surface area contributed by atoms with Crippen LogP contribution >= 0.6 is 0 Å². The molecule has 0 aliphatic heterocycles. The van der Waals surface area contributed by atoms with E-state index in [1.807, 2.05) is 0 Å². The predicted molar refractivity (Wildman–Crippen MR) is 91.0 cm³/mol. The standard InChI is InChI=1S/C16H21N3O5S/c1-10-13(11(2)24-18-10)9-19(4)16(20)12-6-7-14(23-5)15(8-12)25(21,22)17-3/h6-8,17H,9H2,1-5H3. The molecule has 0 bridgehead atoms. The molecule has 0 unspecified atom stereocenters. The largest absolute Gasteiger partial charge is 0.495 e. The molecule has 2 aromatic rings. The third-order valence-electron chi connectivity index (χ3n) is 3.89. The Hall–Kier alpha value is -2.39. The predicted octanol–water partition coefficient (Wildman–Crippen LogP) is 1.48. The molecule has 0 aliphatic carbocycles. The van der Waals surface area contributed by atoms with Gasteiger partial charge in [-0.15, -0.1) is 0 Å². The summed E-state index contributed by atoms with van der Waals surface area (Å²) in [7, 11) is 0.541. The summed E-state index contributed by atoms with van der Waals surface area (Å²) in [6.07, 6.45) is 0. The first-order chi connectivity index (χ1) is 11.7. The number of carbonyl (C=O) groups is 1. The molecular formula is C16H21N3O5S. The lowest BCUT2D eigenvalue weighted by Gasteiger charge is -2.18. The first-order valence-electron chi connectivity index (χ1n) is 7.50. The minimum atomic E-state index is -3.76. The van der Waals surface area contributed by atoms with Crippen molar-refractivity contribution in [2.24, 2.45) is 0 Å². The van der Waals surface area contributed by atoms with Gasteiger partial charge in [-0.2, -0.15) is 0 Å². The van der Waals surface area contributed by atoms with Crippen LogP contribution in [0.25, 0.3) is 0 Å². The quantitative estimate of drug-likeness (QED) is 0.830. The maximum atomic E-state index is 12.7. The molecular weight excluding hydrogens is 346 g/mol. The Balaban J connectivity index is 2.34. The number of ether oxygens (including phenoxy) is 1. The van der Waals surface area contributed by atoms with Crippen molar-refractivity contribution >= 4 is 15.9 Å². The molecule has 0 spiro atoms. The highest BCUT2D eigenvalue weighted by molar-refractivity contribution is 7.89. The highest BCUT2D eigenvalue weighted by atomic mass is 32.2. The lowest BCUT2D eigenvalue weighted by Crippen LogP contribution is -2.27. The van der Waals surface area contributed by atoms with Crippen LogP contribution in [0.3, 0.4) is 0 Å². The summed E-state index contributed by atoms with van der Waals surface area (Å²) >= 11 is 0. The molecule has 0 fully saturated rings. The van der Waals surface area contributed by atoms with E-state index in [1.54, 1.807) is 20.9 Å². The number of aromatic nitrogens is 1. The topological polar surface area (TPSA) is 102 Å². The summed E-state index contributed by atoms with van der Waals surface area (Å²) in [6, 6.07) is 4.29. The monoisotopic (exact) mass is 367 g/mol. The first-order valence-corrected chi connectivity index (χ1v) is 8.98. The normalized spacial score (nSPS) is 11.4. The Morgan fingerprint density at radius 1 is 1.36 bits per heavy atom. The van der Waals surface area contributed by atoms with Crippen LogP contribution in [0.15, 0.2) is 27.6 Å². The number of rotatable bonds is 6. The molecule has 9 heteroatoms. The van der Waals surface area contributed by atoms with Gasteiger partial charge in [0.25, 0.3) is 5.91 Å². The SMILES string of the molecule is CNS(=O)(=O)c1cc(C(=O)N(C)Cc2c(C)noc2C)ccc1OC. The number of nitrogens with zero attached hydrogens (tertiary/aromatic N) is 2. The first kappa shape index (κ1) is 18.9. The molecule has 1 heterocycles. The average molecular weight is 367 g/mol. The van der Waals surface area contributed by atoms with E-state index in [0.29, 0.717) is 18.0 Å². The summed E-state index contributed by atoms with van der Waals surface area (Å²) in [5.41, 5.74) is 1.78. The summed E-state index contributed by atoms with van der Waals surface area (Å²) in [5, 5.41) is 3.86. The summed E-state index contributed by atoms with van der Waals surface area (Å²) in [4.78, 5) is 14.1. The Kier molecular flexibility index (Phi) is 5.48. The highest BCUT2D eigenvalue weighted by Gasteiger charge is 2.22. The summed E-state index contributed by atoms with van der Waals surface area (Å²) < 4.78 is 36.7. The van der Waals surface area contributed by atoms with Gasteiger partial charge in [0.1, 0.15) is 16.4 Å². The molecule has 1 amide bonds. The van der Waals surface area contributed by atoms with E-state index in [1.165, 1.54) is 37.3 Å². The second kappa shape index (κ2) is 7.24. The van der Waals surface area contributed by atoms with Crippen LogP contribution in [0, 0.1) is 13.8 Å². The van der Waals surface area contributed by atoms with Crippen molar-refractivity contribution in [2.45, 2.75) is 25.3 Å². The van der Waals surface area contributed by atoms with Gasteiger partial charge in [0.15, 0.2) is 0 Å². The van der Waals surface area contributed by atoms with Crippen molar-refractivity contribution in [1.29, 1.82) is 0 Å². The minimum absolute atomic E-state index is 0.0888. The van der Waals surface area contributed by atoms with Crippen molar-refractivity contribution in [3.05, 3.63) is 40.8 Å². The zero-order valence-electron chi connectivity index (χ0n) is 14.8. The molecule has 136 valence electrons. The average Bonchev–Trinajstić information content (AvgIpc) is 2.92. The van der Waals surface area contributed by atoms with Gasteiger partial charge in [0.05, 0.1) is 19.3 Å². The number of methoxy groups -OCH3 is 1. The molecule has 0 saturated heterocycles. The lowest BCUT2D eigenvalue weighted by molar-refractivity contribution is 0.0784. The summed E-state index contributed by atoms with van der Waals surface area (Å²) in [6.45, 7) is 3.88. The maximum absolute atomic E-state index is 12.7. The molecule has 0 saturated carbocycles. The maximum Gasteiger partial charge on any atom is 0.253 e. The molecule has 8 nitrogen and oxygen atoms in total. The number of hydrogen-bond acceptors (Lipinski definition) is 6. The van der Waals surface area contributed by atoms with Crippen LogP contribution in [0.1, 0.15) is 27.4 Å². The molecule has 2 rings (SSSR count). The minimum Gasteiger partial charge on any atom is -0.495 e. The molecule has 1 N–H and O–H groups in total.